The molecule has 0 atom stereocenters. The van der Waals surface area contributed by atoms with Crippen LogP contribution in [0.4, 0.5) is 0 Å². The van der Waals surface area contributed by atoms with Gasteiger partial charge in [-0.2, -0.15) is 0 Å². The molecule has 168 valence electrons. The van der Waals surface area contributed by atoms with E-state index in [-0.39, 0.29) is 0 Å². The van der Waals surface area contributed by atoms with Gasteiger partial charge in [0, 0.05) is 53.4 Å². The van der Waals surface area contributed by atoms with Crippen LogP contribution in [0.5, 0.6) is 0 Å². The second kappa shape index (κ2) is 10.7. The van der Waals surface area contributed by atoms with E-state index in [1.807, 2.05) is 12.1 Å². The summed E-state index contributed by atoms with van der Waals surface area (Å²) >= 11 is 0. The molecular formula is C23H33N5O2S. The molecule has 0 amide bonds. The first-order valence-corrected chi connectivity index (χ1v) is 12.1. The van der Waals surface area contributed by atoms with E-state index in [1.54, 1.807) is 12.1 Å². The van der Waals surface area contributed by atoms with Gasteiger partial charge in [0.05, 0.1) is 11.4 Å². The molecule has 0 aliphatic carbocycles. The van der Waals surface area contributed by atoms with Crippen molar-refractivity contribution in [3.8, 4) is 0 Å². The van der Waals surface area contributed by atoms with Crippen molar-refractivity contribution >= 4 is 16.0 Å². The van der Waals surface area contributed by atoms with Crippen molar-refractivity contribution in [2.75, 3.05) is 46.8 Å². The van der Waals surface area contributed by atoms with Gasteiger partial charge in [-0.15, -0.1) is 0 Å². The summed E-state index contributed by atoms with van der Waals surface area (Å²) in [6.45, 7) is 8.22. The SMILES string of the molecule is CCNC(=NCc1ccc(S(=O)(=O)N(C)C)cc1)N1CCN(Cc2ccccc2)CC1. The summed E-state index contributed by atoms with van der Waals surface area (Å²) in [5.74, 6) is 0.909. The quantitative estimate of drug-likeness (QED) is 0.525. The third-order valence-electron chi connectivity index (χ3n) is 5.37. The Hall–Kier alpha value is -2.42. The van der Waals surface area contributed by atoms with Crippen LogP contribution in [0, 0.1) is 0 Å². The van der Waals surface area contributed by atoms with Gasteiger partial charge in [0.25, 0.3) is 0 Å². The number of hydrogen-bond acceptors (Lipinski definition) is 4. The van der Waals surface area contributed by atoms with Gasteiger partial charge < -0.3 is 10.2 Å². The lowest BCUT2D eigenvalue weighted by Crippen LogP contribution is -2.52. The number of nitrogens with zero attached hydrogens (tertiary/aromatic N) is 4. The van der Waals surface area contributed by atoms with E-state index in [0.717, 1.165) is 50.8 Å². The minimum atomic E-state index is -3.41. The second-order valence-electron chi connectivity index (χ2n) is 7.85. The van der Waals surface area contributed by atoms with Gasteiger partial charge in [-0.1, -0.05) is 42.5 Å². The van der Waals surface area contributed by atoms with Crippen LogP contribution in [0.3, 0.4) is 0 Å². The molecule has 0 spiro atoms. The first kappa shape index (κ1) is 23.2. The van der Waals surface area contributed by atoms with Crippen LogP contribution in [0.25, 0.3) is 0 Å². The molecule has 1 fully saturated rings. The van der Waals surface area contributed by atoms with Crippen molar-refractivity contribution in [2.45, 2.75) is 24.9 Å². The van der Waals surface area contributed by atoms with Crippen LogP contribution >= 0.6 is 0 Å². The molecule has 0 aromatic heterocycles. The molecule has 0 radical (unpaired) electrons. The average molecular weight is 444 g/mol. The maximum Gasteiger partial charge on any atom is 0.242 e. The lowest BCUT2D eigenvalue weighted by atomic mass is 10.2. The lowest BCUT2D eigenvalue weighted by molar-refractivity contribution is 0.172. The zero-order chi connectivity index (χ0) is 22.3. The first-order chi connectivity index (χ1) is 14.9. The van der Waals surface area contributed by atoms with E-state index in [9.17, 15) is 8.42 Å². The fourth-order valence-electron chi connectivity index (χ4n) is 3.53. The molecule has 2 aromatic rings. The fraction of sp³-hybridized carbons (Fsp3) is 0.435. The molecule has 31 heavy (non-hydrogen) atoms. The number of guanidine groups is 1. The molecule has 1 aliphatic heterocycles. The summed E-state index contributed by atoms with van der Waals surface area (Å²) in [7, 11) is -0.331. The highest BCUT2D eigenvalue weighted by Gasteiger charge is 2.20. The zero-order valence-electron chi connectivity index (χ0n) is 18.7. The molecule has 8 heteroatoms. The predicted molar refractivity (Wildman–Crippen MR) is 125 cm³/mol. The third kappa shape index (κ3) is 6.29. The summed E-state index contributed by atoms with van der Waals surface area (Å²) in [5.41, 5.74) is 2.33. The van der Waals surface area contributed by atoms with Crippen LogP contribution in [0.1, 0.15) is 18.1 Å². The topological polar surface area (TPSA) is 68.2 Å². The molecule has 1 saturated heterocycles. The van der Waals surface area contributed by atoms with Gasteiger partial charge in [-0.3, -0.25) is 4.90 Å². The normalized spacial score (nSPS) is 16.0. The number of sulfonamides is 1. The van der Waals surface area contributed by atoms with Crippen molar-refractivity contribution in [1.29, 1.82) is 0 Å². The zero-order valence-corrected chi connectivity index (χ0v) is 19.5. The number of rotatable bonds is 7. The summed E-state index contributed by atoms with van der Waals surface area (Å²) < 4.78 is 25.7. The first-order valence-electron chi connectivity index (χ1n) is 10.7. The molecule has 7 nitrogen and oxygen atoms in total. The van der Waals surface area contributed by atoms with Crippen molar-refractivity contribution in [2.24, 2.45) is 4.99 Å². The van der Waals surface area contributed by atoms with Gasteiger partial charge in [-0.05, 0) is 30.2 Å². The molecule has 1 heterocycles. The maximum atomic E-state index is 12.2. The van der Waals surface area contributed by atoms with Gasteiger partial charge in [-0.25, -0.2) is 17.7 Å². The minimum absolute atomic E-state index is 0.298. The molecule has 2 aromatic carbocycles. The van der Waals surface area contributed by atoms with Crippen LogP contribution in [0.15, 0.2) is 64.5 Å². The highest BCUT2D eigenvalue weighted by molar-refractivity contribution is 7.89. The smallest absolute Gasteiger partial charge is 0.242 e. The summed E-state index contributed by atoms with van der Waals surface area (Å²) in [6, 6.07) is 17.5. The number of piperazine rings is 1. The average Bonchev–Trinajstić information content (AvgIpc) is 2.78. The number of nitrogens with one attached hydrogen (secondary N) is 1. The standard InChI is InChI=1S/C23H33N5O2S/c1-4-24-23(25-18-20-10-12-22(13-11-20)31(29,30)26(2)3)28-16-14-27(15-17-28)19-21-8-6-5-7-9-21/h5-13H,4,14-19H2,1-3H3,(H,24,25). The van der Waals surface area contributed by atoms with Gasteiger partial charge in [0.2, 0.25) is 10.0 Å². The monoisotopic (exact) mass is 443 g/mol. The molecule has 0 saturated carbocycles. The molecular weight excluding hydrogens is 410 g/mol. The number of aliphatic imine (C=N–C) groups is 1. The Morgan fingerprint density at radius 3 is 2.19 bits per heavy atom. The Bertz CT molecular complexity index is 951. The van der Waals surface area contributed by atoms with Crippen LogP contribution in [-0.2, 0) is 23.1 Å². The second-order valence-corrected chi connectivity index (χ2v) is 10.0. The molecule has 3 rings (SSSR count). The fourth-order valence-corrected chi connectivity index (χ4v) is 4.43. The van der Waals surface area contributed by atoms with Crippen LogP contribution in [0.2, 0.25) is 0 Å². The van der Waals surface area contributed by atoms with E-state index in [4.69, 9.17) is 4.99 Å². The van der Waals surface area contributed by atoms with Crippen LogP contribution in [-0.4, -0.2) is 75.3 Å². The van der Waals surface area contributed by atoms with Gasteiger partial charge >= 0.3 is 0 Å². The predicted octanol–water partition coefficient (Wildman–Crippen LogP) is 2.22. The summed E-state index contributed by atoms with van der Waals surface area (Å²) in [5, 5.41) is 3.39. The highest BCUT2D eigenvalue weighted by atomic mass is 32.2. The molecule has 1 aliphatic rings. The van der Waals surface area contributed by atoms with Gasteiger partial charge in [0.15, 0.2) is 5.96 Å². The van der Waals surface area contributed by atoms with Crippen molar-refractivity contribution in [3.63, 3.8) is 0 Å². The lowest BCUT2D eigenvalue weighted by Gasteiger charge is -2.36. The summed E-state index contributed by atoms with van der Waals surface area (Å²) in [6.07, 6.45) is 0. The van der Waals surface area contributed by atoms with E-state index in [0.29, 0.717) is 11.4 Å². The Balaban J connectivity index is 1.59. The minimum Gasteiger partial charge on any atom is -0.357 e. The molecule has 1 N–H and O–H groups in total. The Labute approximate surface area is 186 Å². The van der Waals surface area contributed by atoms with E-state index in [2.05, 4.69) is 52.4 Å². The Morgan fingerprint density at radius 1 is 0.968 bits per heavy atom. The van der Waals surface area contributed by atoms with Gasteiger partial charge in [0.1, 0.15) is 0 Å². The Morgan fingerprint density at radius 2 is 1.61 bits per heavy atom. The molecule has 0 bridgehead atoms. The number of hydrogen-bond donors (Lipinski definition) is 1. The summed E-state index contributed by atoms with van der Waals surface area (Å²) in [4.78, 5) is 9.87. The third-order valence-corrected chi connectivity index (χ3v) is 7.20. The molecule has 0 unspecified atom stereocenters. The van der Waals surface area contributed by atoms with Crippen LogP contribution < -0.4 is 5.32 Å². The largest absolute Gasteiger partial charge is 0.357 e. The van der Waals surface area contributed by atoms with E-state index in [1.165, 1.54) is 24.0 Å². The van der Waals surface area contributed by atoms with E-state index < -0.39 is 10.0 Å². The van der Waals surface area contributed by atoms with Crippen molar-refractivity contribution in [3.05, 3.63) is 65.7 Å². The van der Waals surface area contributed by atoms with Crippen molar-refractivity contribution in [1.82, 2.24) is 19.4 Å². The van der Waals surface area contributed by atoms with E-state index >= 15 is 0 Å². The highest BCUT2D eigenvalue weighted by Crippen LogP contribution is 2.15. The Kier molecular flexibility index (Phi) is 8.06. The maximum absolute atomic E-state index is 12.2. The van der Waals surface area contributed by atoms with Crippen molar-refractivity contribution < 1.29 is 8.42 Å². The number of benzene rings is 2.